The van der Waals surface area contributed by atoms with Crippen LogP contribution in [-0.4, -0.2) is 73.8 Å². The van der Waals surface area contributed by atoms with Crippen LogP contribution >= 0.6 is 0 Å². The van der Waals surface area contributed by atoms with E-state index in [0.717, 1.165) is 12.1 Å². The number of methoxy groups -OCH3 is 1. The highest BCUT2D eigenvalue weighted by atomic mass is 19.4. The van der Waals surface area contributed by atoms with E-state index in [0.29, 0.717) is 33.4 Å². The highest BCUT2D eigenvalue weighted by Gasteiger charge is 2.56. The van der Waals surface area contributed by atoms with Crippen LogP contribution in [0.25, 0.3) is 11.1 Å². The van der Waals surface area contributed by atoms with Gasteiger partial charge < -0.3 is 24.6 Å². The summed E-state index contributed by atoms with van der Waals surface area (Å²) in [7, 11) is 4.22. The second-order valence-corrected chi connectivity index (χ2v) is 12.4. The number of alkyl halides is 3. The Labute approximate surface area is 298 Å². The molecule has 10 nitrogen and oxygen atoms in total. The van der Waals surface area contributed by atoms with Gasteiger partial charge in [0, 0.05) is 37.3 Å². The van der Waals surface area contributed by atoms with Crippen LogP contribution in [0.2, 0.25) is 0 Å². The van der Waals surface area contributed by atoms with E-state index in [4.69, 9.17) is 9.47 Å². The number of nitrogens with zero attached hydrogens (tertiary/aromatic N) is 2. The molecule has 0 saturated carbocycles. The number of rotatable bonds is 10. The average Bonchev–Trinajstić information content (AvgIpc) is 3.37. The van der Waals surface area contributed by atoms with Crippen molar-refractivity contribution in [1.29, 1.82) is 0 Å². The fourth-order valence-electron chi connectivity index (χ4n) is 6.40. The van der Waals surface area contributed by atoms with Crippen LogP contribution < -0.4 is 5.32 Å². The number of carbonyl (C=O) groups excluding carboxylic acids is 5. The normalized spacial score (nSPS) is 15.2. The van der Waals surface area contributed by atoms with Crippen molar-refractivity contribution in [2.75, 3.05) is 39.7 Å². The lowest BCUT2D eigenvalue weighted by Crippen LogP contribution is -2.53. The summed E-state index contributed by atoms with van der Waals surface area (Å²) >= 11 is 0. The van der Waals surface area contributed by atoms with E-state index in [1.807, 2.05) is 0 Å². The number of benzene rings is 4. The van der Waals surface area contributed by atoms with Gasteiger partial charge in [-0.15, -0.1) is 0 Å². The molecule has 1 unspecified atom stereocenters. The third kappa shape index (κ3) is 6.98. The third-order valence-electron chi connectivity index (χ3n) is 8.93. The second kappa shape index (κ2) is 14.7. The minimum absolute atomic E-state index is 0.0610. The molecule has 1 aliphatic rings. The van der Waals surface area contributed by atoms with Crippen molar-refractivity contribution in [2.45, 2.75) is 32.0 Å². The number of nitrogens with one attached hydrogen (secondary N) is 1. The number of likely N-dealkylation sites (N-methyl/N-ethyl adjacent to an activating group) is 1. The van der Waals surface area contributed by atoms with Gasteiger partial charge in [0.25, 0.3) is 17.7 Å². The first-order chi connectivity index (χ1) is 24.6. The molecule has 5 rings (SSSR count). The molecule has 0 spiro atoms. The third-order valence-corrected chi connectivity index (χ3v) is 8.93. The number of esters is 2. The molecule has 0 aromatic heterocycles. The summed E-state index contributed by atoms with van der Waals surface area (Å²) in [5, 5.41) is 2.76. The standard InChI is InChI=1S/C39H36F3N3O7/c1-6-45-36(49)27-11-7-8-13-30(27)38(45,37(50)51-5)22-52-32(46)21-24-14-19-31(29(20-24)35(48)44(3)4)43-34(47)28-12-9-10-23(2)33(28)25-15-17-26(18-16-25)39(40,41)42/h7-20H,6,21-22H2,1-5H3,(H,43,47). The molecule has 52 heavy (non-hydrogen) atoms. The summed E-state index contributed by atoms with van der Waals surface area (Å²) in [4.78, 5) is 69.3. The molecule has 0 aliphatic carbocycles. The van der Waals surface area contributed by atoms with Crippen LogP contribution in [0.1, 0.15) is 60.3 Å². The molecule has 270 valence electrons. The number of hydrogen-bond acceptors (Lipinski definition) is 7. The van der Waals surface area contributed by atoms with E-state index < -0.39 is 53.5 Å². The molecule has 1 N–H and O–H groups in total. The number of aryl methyl sites for hydroxylation is 1. The van der Waals surface area contributed by atoms with E-state index in [2.05, 4.69) is 5.32 Å². The van der Waals surface area contributed by atoms with Gasteiger partial charge in [-0.25, -0.2) is 4.79 Å². The Morgan fingerprint density at radius 2 is 1.60 bits per heavy atom. The maximum absolute atomic E-state index is 13.7. The molecule has 4 aromatic rings. The molecule has 0 saturated heterocycles. The van der Waals surface area contributed by atoms with Gasteiger partial charge in [0.15, 0.2) is 0 Å². The first-order valence-electron chi connectivity index (χ1n) is 16.2. The van der Waals surface area contributed by atoms with Gasteiger partial charge in [-0.3, -0.25) is 19.2 Å². The molecule has 0 fully saturated rings. The van der Waals surface area contributed by atoms with Gasteiger partial charge in [0.05, 0.1) is 30.3 Å². The Morgan fingerprint density at radius 3 is 2.23 bits per heavy atom. The molecule has 0 radical (unpaired) electrons. The molecule has 13 heteroatoms. The van der Waals surface area contributed by atoms with E-state index in [1.54, 1.807) is 50.2 Å². The predicted octanol–water partition coefficient (Wildman–Crippen LogP) is 6.26. The number of fused-ring (bicyclic) bond motifs is 1. The minimum atomic E-state index is -4.52. The van der Waals surface area contributed by atoms with Crippen molar-refractivity contribution in [1.82, 2.24) is 9.80 Å². The number of anilines is 1. The van der Waals surface area contributed by atoms with Gasteiger partial charge in [-0.1, -0.05) is 48.5 Å². The molecule has 4 aromatic carbocycles. The molecular formula is C39H36F3N3O7. The van der Waals surface area contributed by atoms with E-state index in [1.165, 1.54) is 67.4 Å². The summed E-state index contributed by atoms with van der Waals surface area (Å²) in [5.41, 5.74) is 0.326. The Bertz CT molecular complexity index is 2060. The molecule has 1 atom stereocenters. The Morgan fingerprint density at radius 1 is 0.904 bits per heavy atom. The van der Waals surface area contributed by atoms with E-state index >= 15 is 0 Å². The van der Waals surface area contributed by atoms with E-state index in [-0.39, 0.29) is 29.8 Å². The fourth-order valence-corrected chi connectivity index (χ4v) is 6.40. The fraction of sp³-hybridized carbons (Fsp3) is 0.256. The van der Waals surface area contributed by atoms with Crippen LogP contribution in [0.3, 0.4) is 0 Å². The van der Waals surface area contributed by atoms with Crippen LogP contribution in [0.15, 0.2) is 84.9 Å². The molecule has 1 aliphatic heterocycles. The summed E-state index contributed by atoms with van der Waals surface area (Å²) in [6, 6.07) is 20.4. The Kier molecular flexibility index (Phi) is 10.5. The topological polar surface area (TPSA) is 122 Å². The maximum Gasteiger partial charge on any atom is 0.416 e. The monoisotopic (exact) mass is 715 g/mol. The number of ether oxygens (including phenoxy) is 2. The first-order valence-corrected chi connectivity index (χ1v) is 16.2. The van der Waals surface area contributed by atoms with Crippen LogP contribution in [0.4, 0.5) is 18.9 Å². The first kappa shape index (κ1) is 37.3. The summed E-state index contributed by atoms with van der Waals surface area (Å²) in [6.45, 7) is 3.05. The zero-order valence-corrected chi connectivity index (χ0v) is 29.1. The number of amides is 3. The molecule has 0 bridgehead atoms. The highest BCUT2D eigenvalue weighted by Crippen LogP contribution is 2.41. The molecule has 1 heterocycles. The van der Waals surface area contributed by atoms with Gasteiger partial charge in [-0.2, -0.15) is 13.2 Å². The Hall–Kier alpha value is -5.98. The quantitative estimate of drug-likeness (QED) is 0.192. The lowest BCUT2D eigenvalue weighted by atomic mass is 9.90. The average molecular weight is 716 g/mol. The Balaban J connectivity index is 1.40. The van der Waals surface area contributed by atoms with Gasteiger partial charge in [0.2, 0.25) is 5.54 Å². The lowest BCUT2D eigenvalue weighted by Gasteiger charge is -2.35. The largest absolute Gasteiger partial charge is 0.467 e. The highest BCUT2D eigenvalue weighted by molar-refractivity contribution is 6.12. The second-order valence-electron chi connectivity index (χ2n) is 12.4. The van der Waals surface area contributed by atoms with Crippen molar-refractivity contribution >= 4 is 35.3 Å². The number of hydrogen-bond donors (Lipinski definition) is 1. The summed E-state index contributed by atoms with van der Waals surface area (Å²) in [5.74, 6) is -3.02. The maximum atomic E-state index is 13.7. The van der Waals surface area contributed by atoms with Crippen molar-refractivity contribution < 1.29 is 46.6 Å². The number of carbonyl (C=O) groups is 5. The zero-order valence-electron chi connectivity index (χ0n) is 29.1. The van der Waals surface area contributed by atoms with E-state index in [9.17, 15) is 37.1 Å². The summed E-state index contributed by atoms with van der Waals surface area (Å²) < 4.78 is 50.3. The van der Waals surface area contributed by atoms with Gasteiger partial charge in [0.1, 0.15) is 6.61 Å². The van der Waals surface area contributed by atoms with Gasteiger partial charge in [-0.05, 0) is 72.5 Å². The zero-order chi connectivity index (χ0) is 38.0. The van der Waals surface area contributed by atoms with Gasteiger partial charge >= 0.3 is 18.1 Å². The summed E-state index contributed by atoms with van der Waals surface area (Å²) in [6.07, 6.45) is -4.84. The van der Waals surface area contributed by atoms with Crippen LogP contribution in [-0.2, 0) is 37.2 Å². The predicted molar refractivity (Wildman–Crippen MR) is 186 cm³/mol. The van der Waals surface area contributed by atoms with Crippen molar-refractivity contribution in [3.05, 3.63) is 124 Å². The smallest absolute Gasteiger partial charge is 0.416 e. The lowest BCUT2D eigenvalue weighted by molar-refractivity contribution is -0.162. The van der Waals surface area contributed by atoms with Crippen LogP contribution in [0, 0.1) is 6.92 Å². The SMILES string of the molecule is CCN1C(=O)c2ccccc2C1(COC(=O)Cc1ccc(NC(=O)c2cccc(C)c2-c2ccc(C(F)(F)F)cc2)c(C(=O)N(C)C)c1)C(=O)OC. The van der Waals surface area contributed by atoms with Crippen molar-refractivity contribution in [3.63, 3.8) is 0 Å². The molecular weight excluding hydrogens is 679 g/mol. The van der Waals surface area contributed by atoms with Crippen molar-refractivity contribution in [3.8, 4) is 11.1 Å². The minimum Gasteiger partial charge on any atom is -0.467 e. The number of halogens is 3. The molecule has 3 amide bonds. The van der Waals surface area contributed by atoms with Crippen molar-refractivity contribution in [2.24, 2.45) is 0 Å². The van der Waals surface area contributed by atoms with Crippen LogP contribution in [0.5, 0.6) is 0 Å².